The fourth-order valence-electron chi connectivity index (χ4n) is 1.85. The van der Waals surface area contributed by atoms with Crippen LogP contribution in [0.25, 0.3) is 0 Å². The zero-order valence-corrected chi connectivity index (χ0v) is 11.0. The van der Waals surface area contributed by atoms with E-state index in [4.69, 9.17) is 11.6 Å². The third-order valence-electron chi connectivity index (χ3n) is 2.83. The third-order valence-corrected chi connectivity index (χ3v) is 3.05. The first-order valence-corrected chi connectivity index (χ1v) is 5.87. The molecule has 0 aromatic heterocycles. The van der Waals surface area contributed by atoms with Gasteiger partial charge in [0.2, 0.25) is 5.91 Å². The molecule has 0 aliphatic rings. The molecule has 0 heterocycles. The highest BCUT2D eigenvalue weighted by atomic mass is 35.5. The number of aryl methyl sites for hydroxylation is 1. The number of hydrogen-bond acceptors (Lipinski definition) is 1. The topological polar surface area (TPSA) is 29.1 Å². The second kappa shape index (κ2) is 5.35. The van der Waals surface area contributed by atoms with E-state index in [0.717, 1.165) is 22.6 Å². The maximum absolute atomic E-state index is 11.1. The van der Waals surface area contributed by atoms with Crippen LogP contribution in [0, 0.1) is 13.8 Å². The number of halogens is 1. The summed E-state index contributed by atoms with van der Waals surface area (Å²) >= 11 is 6.05. The van der Waals surface area contributed by atoms with E-state index in [1.54, 1.807) is 0 Å². The van der Waals surface area contributed by atoms with E-state index in [9.17, 15) is 4.79 Å². The van der Waals surface area contributed by atoms with Crippen LogP contribution in [-0.4, -0.2) is 5.91 Å². The second-order valence-corrected chi connectivity index (χ2v) is 4.53. The zero-order chi connectivity index (χ0) is 12.3. The highest BCUT2D eigenvalue weighted by molar-refractivity contribution is 6.30. The quantitative estimate of drug-likeness (QED) is 0.859. The van der Waals surface area contributed by atoms with Crippen LogP contribution in [0.3, 0.4) is 0 Å². The maximum atomic E-state index is 11.1. The van der Waals surface area contributed by atoms with E-state index in [2.05, 4.69) is 19.2 Å². The van der Waals surface area contributed by atoms with Gasteiger partial charge in [-0.25, -0.2) is 0 Å². The minimum atomic E-state index is -0.0103. The number of rotatable bonds is 3. The summed E-state index contributed by atoms with van der Waals surface area (Å²) in [6, 6.07) is 3.93. The van der Waals surface area contributed by atoms with Crippen molar-refractivity contribution in [2.45, 2.75) is 40.2 Å². The summed E-state index contributed by atoms with van der Waals surface area (Å²) in [6.07, 6.45) is 0.861. The van der Waals surface area contributed by atoms with Gasteiger partial charge in [-0.15, -0.1) is 0 Å². The Morgan fingerprint density at radius 1 is 1.44 bits per heavy atom. The van der Waals surface area contributed by atoms with Gasteiger partial charge in [0.15, 0.2) is 0 Å². The van der Waals surface area contributed by atoms with Gasteiger partial charge in [0.05, 0.1) is 6.04 Å². The molecule has 0 aliphatic heterocycles. The summed E-state index contributed by atoms with van der Waals surface area (Å²) in [5, 5.41) is 3.67. The fourth-order valence-corrected chi connectivity index (χ4v) is 2.13. The Balaban J connectivity index is 3.13. The molecule has 1 N–H and O–H groups in total. The number of amides is 1. The SMILES string of the molecule is CC[C@H](NC(C)=O)c1cc(Cl)cc(C)c1C. The summed E-state index contributed by atoms with van der Waals surface area (Å²) in [5.41, 5.74) is 3.47. The normalized spacial score (nSPS) is 12.3. The van der Waals surface area contributed by atoms with Gasteiger partial charge in [0.25, 0.3) is 0 Å². The summed E-state index contributed by atoms with van der Waals surface area (Å²) in [6.45, 7) is 7.68. The van der Waals surface area contributed by atoms with Crippen LogP contribution >= 0.6 is 11.6 Å². The minimum absolute atomic E-state index is 0.0103. The summed E-state index contributed by atoms with van der Waals surface area (Å²) in [7, 11) is 0. The first-order valence-electron chi connectivity index (χ1n) is 5.49. The standard InChI is InChI=1S/C13H18ClNO/c1-5-13(15-10(4)16)12-7-11(14)6-8(2)9(12)3/h6-7,13H,5H2,1-4H3,(H,15,16)/t13-/m0/s1. The molecule has 1 rings (SSSR count). The molecular formula is C13H18ClNO. The van der Waals surface area contributed by atoms with E-state index in [0.29, 0.717) is 0 Å². The summed E-state index contributed by atoms with van der Waals surface area (Å²) in [5.74, 6) is -0.0103. The number of hydrogen-bond donors (Lipinski definition) is 1. The van der Waals surface area contributed by atoms with Crippen molar-refractivity contribution in [1.29, 1.82) is 0 Å². The molecule has 0 fully saturated rings. The molecule has 0 bridgehead atoms. The first kappa shape index (κ1) is 13.0. The average Bonchev–Trinajstić information content (AvgIpc) is 2.20. The van der Waals surface area contributed by atoms with Gasteiger partial charge in [0.1, 0.15) is 0 Å². The molecule has 88 valence electrons. The van der Waals surface area contributed by atoms with Crippen LogP contribution < -0.4 is 5.32 Å². The zero-order valence-electron chi connectivity index (χ0n) is 10.2. The van der Waals surface area contributed by atoms with Crippen molar-refractivity contribution in [1.82, 2.24) is 5.32 Å². The minimum Gasteiger partial charge on any atom is -0.350 e. The Labute approximate surface area is 102 Å². The lowest BCUT2D eigenvalue weighted by Crippen LogP contribution is -2.26. The number of nitrogens with one attached hydrogen (secondary N) is 1. The van der Waals surface area contributed by atoms with Crippen LogP contribution in [0.2, 0.25) is 5.02 Å². The lowest BCUT2D eigenvalue weighted by molar-refractivity contribution is -0.119. The van der Waals surface area contributed by atoms with E-state index in [-0.39, 0.29) is 11.9 Å². The molecule has 0 spiro atoms. The third kappa shape index (κ3) is 2.99. The lowest BCUT2D eigenvalue weighted by Gasteiger charge is -2.20. The van der Waals surface area contributed by atoms with Gasteiger partial charge >= 0.3 is 0 Å². The Kier molecular flexibility index (Phi) is 4.36. The van der Waals surface area contributed by atoms with Crippen LogP contribution in [-0.2, 0) is 4.79 Å². The average molecular weight is 240 g/mol. The largest absolute Gasteiger partial charge is 0.350 e. The van der Waals surface area contributed by atoms with Gasteiger partial charge in [0, 0.05) is 11.9 Å². The molecule has 2 nitrogen and oxygen atoms in total. The second-order valence-electron chi connectivity index (χ2n) is 4.10. The van der Waals surface area contributed by atoms with Crippen molar-refractivity contribution < 1.29 is 4.79 Å². The number of carbonyl (C=O) groups excluding carboxylic acids is 1. The van der Waals surface area contributed by atoms with Crippen molar-refractivity contribution in [3.63, 3.8) is 0 Å². The van der Waals surface area contributed by atoms with Gasteiger partial charge in [-0.3, -0.25) is 4.79 Å². The van der Waals surface area contributed by atoms with E-state index < -0.39 is 0 Å². The highest BCUT2D eigenvalue weighted by Crippen LogP contribution is 2.26. The Morgan fingerprint density at radius 2 is 2.06 bits per heavy atom. The van der Waals surface area contributed by atoms with E-state index in [1.165, 1.54) is 12.5 Å². The number of benzene rings is 1. The predicted octanol–water partition coefficient (Wildman–Crippen LogP) is 3.54. The molecule has 16 heavy (non-hydrogen) atoms. The fraction of sp³-hybridized carbons (Fsp3) is 0.462. The summed E-state index contributed by atoms with van der Waals surface area (Å²) < 4.78 is 0. The van der Waals surface area contributed by atoms with E-state index >= 15 is 0 Å². The molecule has 0 aliphatic carbocycles. The van der Waals surface area contributed by atoms with Crippen LogP contribution in [0.15, 0.2) is 12.1 Å². The smallest absolute Gasteiger partial charge is 0.217 e. The molecule has 1 atom stereocenters. The van der Waals surface area contributed by atoms with E-state index in [1.807, 2.05) is 19.1 Å². The predicted molar refractivity (Wildman–Crippen MR) is 67.8 cm³/mol. The van der Waals surface area contributed by atoms with Gasteiger partial charge in [-0.1, -0.05) is 18.5 Å². The molecule has 0 radical (unpaired) electrons. The Hall–Kier alpha value is -1.02. The van der Waals surface area contributed by atoms with Crippen molar-refractivity contribution >= 4 is 17.5 Å². The molecule has 1 amide bonds. The first-order chi connectivity index (χ1) is 7.45. The molecular weight excluding hydrogens is 222 g/mol. The van der Waals surface area contributed by atoms with Crippen LogP contribution in [0.1, 0.15) is 43.0 Å². The monoisotopic (exact) mass is 239 g/mol. The van der Waals surface area contributed by atoms with Gasteiger partial charge in [-0.2, -0.15) is 0 Å². The van der Waals surface area contributed by atoms with Crippen molar-refractivity contribution in [3.05, 3.63) is 33.8 Å². The molecule has 0 saturated carbocycles. The molecule has 0 saturated heterocycles. The van der Waals surface area contributed by atoms with Crippen molar-refractivity contribution in [3.8, 4) is 0 Å². The molecule has 1 aromatic rings. The number of carbonyl (C=O) groups is 1. The Bertz CT molecular complexity index is 401. The van der Waals surface area contributed by atoms with Crippen molar-refractivity contribution in [2.24, 2.45) is 0 Å². The van der Waals surface area contributed by atoms with Gasteiger partial charge < -0.3 is 5.32 Å². The molecule has 3 heteroatoms. The molecule has 1 aromatic carbocycles. The maximum Gasteiger partial charge on any atom is 0.217 e. The summed E-state index contributed by atoms with van der Waals surface area (Å²) in [4.78, 5) is 11.1. The van der Waals surface area contributed by atoms with Crippen LogP contribution in [0.4, 0.5) is 0 Å². The Morgan fingerprint density at radius 3 is 2.56 bits per heavy atom. The molecule has 0 unspecified atom stereocenters. The lowest BCUT2D eigenvalue weighted by atomic mass is 9.96. The van der Waals surface area contributed by atoms with Crippen LogP contribution in [0.5, 0.6) is 0 Å². The van der Waals surface area contributed by atoms with Crippen molar-refractivity contribution in [2.75, 3.05) is 0 Å². The van der Waals surface area contributed by atoms with Gasteiger partial charge in [-0.05, 0) is 49.1 Å². The highest BCUT2D eigenvalue weighted by Gasteiger charge is 2.14.